The number of carbonyl (C=O) groups excluding carboxylic acids is 2. The summed E-state index contributed by atoms with van der Waals surface area (Å²) >= 11 is 0. The lowest BCUT2D eigenvalue weighted by molar-refractivity contribution is -0.130. The van der Waals surface area contributed by atoms with Crippen molar-refractivity contribution >= 4 is 17.5 Å². The highest BCUT2D eigenvalue weighted by Crippen LogP contribution is 2.30. The number of ether oxygens (including phenoxy) is 3. The molecule has 1 aliphatic rings. The zero-order valence-electron chi connectivity index (χ0n) is 14.5. The van der Waals surface area contributed by atoms with Gasteiger partial charge in [0.05, 0.1) is 38.5 Å². The Morgan fingerprint density at radius 2 is 2.08 bits per heavy atom. The summed E-state index contributed by atoms with van der Waals surface area (Å²) in [6.07, 6.45) is 0.207. The monoisotopic (exact) mass is 336 g/mol. The van der Waals surface area contributed by atoms with Gasteiger partial charge in [-0.2, -0.15) is 0 Å². The predicted molar refractivity (Wildman–Crippen MR) is 89.3 cm³/mol. The molecule has 1 aromatic rings. The summed E-state index contributed by atoms with van der Waals surface area (Å²) in [5.41, 5.74) is 0.555. The third-order valence-electron chi connectivity index (χ3n) is 4.14. The number of carbonyl (C=O) groups is 2. The van der Waals surface area contributed by atoms with Crippen molar-refractivity contribution < 1.29 is 23.8 Å². The Labute approximate surface area is 141 Å². The van der Waals surface area contributed by atoms with Crippen molar-refractivity contribution in [2.45, 2.75) is 19.4 Å². The predicted octanol–water partition coefficient (Wildman–Crippen LogP) is 1.53. The molecule has 2 rings (SSSR count). The molecule has 24 heavy (non-hydrogen) atoms. The molecule has 2 unspecified atom stereocenters. The van der Waals surface area contributed by atoms with Crippen LogP contribution in [-0.4, -0.2) is 57.2 Å². The summed E-state index contributed by atoms with van der Waals surface area (Å²) in [6.45, 7) is 2.76. The van der Waals surface area contributed by atoms with Crippen LogP contribution in [0, 0.1) is 5.92 Å². The number of benzene rings is 1. The van der Waals surface area contributed by atoms with E-state index in [1.54, 1.807) is 37.3 Å². The zero-order chi connectivity index (χ0) is 17.7. The number of hydrogen-bond acceptors (Lipinski definition) is 5. The van der Waals surface area contributed by atoms with Gasteiger partial charge in [-0.25, -0.2) is 0 Å². The highest BCUT2D eigenvalue weighted by Gasteiger charge is 2.36. The highest BCUT2D eigenvalue weighted by atomic mass is 16.5. The van der Waals surface area contributed by atoms with Crippen LogP contribution < -0.4 is 14.8 Å². The maximum Gasteiger partial charge on any atom is 0.229 e. The lowest BCUT2D eigenvalue weighted by atomic mass is 10.1. The van der Waals surface area contributed by atoms with Crippen LogP contribution >= 0.6 is 0 Å². The molecule has 7 heteroatoms. The number of amides is 2. The van der Waals surface area contributed by atoms with Crippen molar-refractivity contribution in [2.24, 2.45) is 5.92 Å². The van der Waals surface area contributed by atoms with Gasteiger partial charge < -0.3 is 24.4 Å². The largest absolute Gasteiger partial charge is 0.497 e. The van der Waals surface area contributed by atoms with E-state index < -0.39 is 0 Å². The van der Waals surface area contributed by atoms with E-state index in [-0.39, 0.29) is 30.2 Å². The lowest BCUT2D eigenvalue weighted by Crippen LogP contribution is -2.38. The smallest absolute Gasteiger partial charge is 0.229 e. The fourth-order valence-corrected chi connectivity index (χ4v) is 2.80. The molecule has 1 fully saturated rings. The molecule has 0 aromatic heterocycles. The first kappa shape index (κ1) is 18.1. The van der Waals surface area contributed by atoms with E-state index >= 15 is 0 Å². The molecule has 1 heterocycles. The first-order valence-electron chi connectivity index (χ1n) is 7.81. The van der Waals surface area contributed by atoms with Gasteiger partial charge in [-0.15, -0.1) is 0 Å². The molecule has 2 atom stereocenters. The number of anilines is 1. The Kier molecular flexibility index (Phi) is 6.03. The van der Waals surface area contributed by atoms with Crippen LogP contribution in [0.4, 0.5) is 5.69 Å². The molecular formula is C17H24N2O5. The van der Waals surface area contributed by atoms with E-state index in [0.717, 1.165) is 0 Å². The maximum absolute atomic E-state index is 12.5. The van der Waals surface area contributed by atoms with Crippen LogP contribution in [0.5, 0.6) is 11.5 Å². The minimum atomic E-state index is -0.386. The molecule has 1 saturated heterocycles. The van der Waals surface area contributed by atoms with Crippen LogP contribution in [0.25, 0.3) is 0 Å². The minimum Gasteiger partial charge on any atom is -0.497 e. The van der Waals surface area contributed by atoms with Crippen molar-refractivity contribution in [1.29, 1.82) is 0 Å². The Morgan fingerprint density at radius 3 is 2.71 bits per heavy atom. The number of likely N-dealkylation sites (tertiary alicyclic amines) is 1. The van der Waals surface area contributed by atoms with E-state index in [2.05, 4.69) is 5.32 Å². The van der Waals surface area contributed by atoms with Gasteiger partial charge in [0, 0.05) is 26.1 Å². The lowest BCUT2D eigenvalue weighted by Gasteiger charge is -2.24. The fourth-order valence-electron chi connectivity index (χ4n) is 2.80. The van der Waals surface area contributed by atoms with Gasteiger partial charge in [-0.05, 0) is 19.1 Å². The van der Waals surface area contributed by atoms with Gasteiger partial charge in [0.15, 0.2) is 0 Å². The third kappa shape index (κ3) is 3.97. The van der Waals surface area contributed by atoms with E-state index in [1.807, 2.05) is 6.92 Å². The van der Waals surface area contributed by atoms with Crippen LogP contribution in [0.3, 0.4) is 0 Å². The van der Waals surface area contributed by atoms with Gasteiger partial charge in [0.2, 0.25) is 11.8 Å². The normalized spacial score (nSPS) is 18.4. The molecule has 1 aliphatic heterocycles. The van der Waals surface area contributed by atoms with Crippen LogP contribution in [-0.2, 0) is 14.3 Å². The summed E-state index contributed by atoms with van der Waals surface area (Å²) in [4.78, 5) is 26.3. The number of hydrogen-bond donors (Lipinski definition) is 1. The second-order valence-electron chi connectivity index (χ2n) is 5.81. The van der Waals surface area contributed by atoms with Crippen molar-refractivity contribution in [3.63, 3.8) is 0 Å². The summed E-state index contributed by atoms with van der Waals surface area (Å²) in [5.74, 6) is 0.543. The second kappa shape index (κ2) is 8.01. The third-order valence-corrected chi connectivity index (χ3v) is 4.14. The molecule has 2 amide bonds. The van der Waals surface area contributed by atoms with Crippen LogP contribution in [0.2, 0.25) is 0 Å². The molecule has 0 spiro atoms. The molecule has 1 N–H and O–H groups in total. The van der Waals surface area contributed by atoms with Crippen molar-refractivity contribution in [3.8, 4) is 11.5 Å². The summed E-state index contributed by atoms with van der Waals surface area (Å²) in [6, 6.07) is 5.11. The molecule has 1 aromatic carbocycles. The summed E-state index contributed by atoms with van der Waals surface area (Å²) in [7, 11) is 4.68. The number of nitrogens with zero attached hydrogens (tertiary/aromatic N) is 1. The van der Waals surface area contributed by atoms with Gasteiger partial charge in [0.1, 0.15) is 11.5 Å². The van der Waals surface area contributed by atoms with Crippen molar-refractivity contribution in [3.05, 3.63) is 18.2 Å². The summed E-state index contributed by atoms with van der Waals surface area (Å²) < 4.78 is 15.5. The first-order chi connectivity index (χ1) is 11.5. The molecule has 0 saturated carbocycles. The molecule has 0 aliphatic carbocycles. The molecule has 132 valence electrons. The Bertz CT molecular complexity index is 605. The first-order valence-corrected chi connectivity index (χ1v) is 7.81. The van der Waals surface area contributed by atoms with Crippen molar-refractivity contribution in [2.75, 3.05) is 39.8 Å². The Balaban J connectivity index is 2.04. The summed E-state index contributed by atoms with van der Waals surface area (Å²) in [5, 5.41) is 2.84. The minimum absolute atomic E-state index is 0.0265. The van der Waals surface area contributed by atoms with Gasteiger partial charge in [0.25, 0.3) is 0 Å². The fraction of sp³-hybridized carbons (Fsp3) is 0.529. The van der Waals surface area contributed by atoms with Gasteiger partial charge in [-0.1, -0.05) is 0 Å². The Hall–Kier alpha value is -2.28. The quantitative estimate of drug-likeness (QED) is 0.817. The highest BCUT2D eigenvalue weighted by molar-refractivity contribution is 5.98. The zero-order valence-corrected chi connectivity index (χ0v) is 14.5. The average molecular weight is 336 g/mol. The second-order valence-corrected chi connectivity index (χ2v) is 5.81. The average Bonchev–Trinajstić information content (AvgIpc) is 2.97. The SMILES string of the molecule is COCC(C)N1CC(C(=O)Nc2ccc(OC)cc2OC)CC1=O. The van der Waals surface area contributed by atoms with Crippen LogP contribution in [0.15, 0.2) is 18.2 Å². The van der Waals surface area contributed by atoms with E-state index in [9.17, 15) is 9.59 Å². The molecule has 0 bridgehead atoms. The number of methoxy groups -OCH3 is 3. The van der Waals surface area contributed by atoms with Crippen molar-refractivity contribution in [1.82, 2.24) is 4.90 Å². The van der Waals surface area contributed by atoms with Gasteiger partial charge >= 0.3 is 0 Å². The van der Waals surface area contributed by atoms with E-state index in [0.29, 0.717) is 30.3 Å². The Morgan fingerprint density at radius 1 is 1.33 bits per heavy atom. The van der Waals surface area contributed by atoms with Crippen LogP contribution in [0.1, 0.15) is 13.3 Å². The standard InChI is InChI=1S/C17H24N2O5/c1-11(10-22-2)19-9-12(7-16(19)20)17(21)18-14-6-5-13(23-3)8-15(14)24-4/h5-6,8,11-12H,7,9-10H2,1-4H3,(H,18,21). The molecule has 0 radical (unpaired) electrons. The van der Waals surface area contributed by atoms with E-state index in [1.165, 1.54) is 7.11 Å². The number of rotatable bonds is 7. The molecular weight excluding hydrogens is 312 g/mol. The van der Waals surface area contributed by atoms with Gasteiger partial charge in [-0.3, -0.25) is 9.59 Å². The van der Waals surface area contributed by atoms with E-state index in [4.69, 9.17) is 14.2 Å². The molecule has 7 nitrogen and oxygen atoms in total. The number of nitrogens with one attached hydrogen (secondary N) is 1. The maximum atomic E-state index is 12.5. The topological polar surface area (TPSA) is 77.1 Å².